The van der Waals surface area contributed by atoms with Crippen molar-refractivity contribution in [3.8, 4) is 0 Å². The second-order valence-corrected chi connectivity index (χ2v) is 3.90. The standard InChI is InChI=1S/C9H7BrN2O2/c1-12-7-4-5(10)2-3-6(7)8(13)11-9(12)14/h2-4H,1H3,(H,11,13,14). The van der Waals surface area contributed by atoms with Gasteiger partial charge in [-0.05, 0) is 18.2 Å². The molecule has 0 saturated carbocycles. The zero-order chi connectivity index (χ0) is 10.3. The molecule has 5 heteroatoms. The fourth-order valence-corrected chi connectivity index (χ4v) is 1.68. The van der Waals surface area contributed by atoms with Crippen molar-refractivity contribution < 1.29 is 0 Å². The van der Waals surface area contributed by atoms with Crippen molar-refractivity contribution in [2.45, 2.75) is 0 Å². The first-order chi connectivity index (χ1) is 6.59. The zero-order valence-electron chi connectivity index (χ0n) is 7.37. The van der Waals surface area contributed by atoms with Crippen LogP contribution in [0.3, 0.4) is 0 Å². The maximum Gasteiger partial charge on any atom is 0.328 e. The van der Waals surface area contributed by atoms with E-state index in [-0.39, 0.29) is 5.56 Å². The van der Waals surface area contributed by atoms with Crippen molar-refractivity contribution in [3.63, 3.8) is 0 Å². The van der Waals surface area contributed by atoms with Crippen LogP contribution in [-0.4, -0.2) is 9.55 Å². The third-order valence-corrected chi connectivity index (χ3v) is 2.58. The predicted octanol–water partition coefficient (Wildman–Crippen LogP) is 0.989. The van der Waals surface area contributed by atoms with Gasteiger partial charge in [-0.1, -0.05) is 15.9 Å². The van der Waals surface area contributed by atoms with Gasteiger partial charge < -0.3 is 0 Å². The number of hydrogen-bond acceptors (Lipinski definition) is 2. The van der Waals surface area contributed by atoms with Crippen LogP contribution in [0.2, 0.25) is 0 Å². The molecular weight excluding hydrogens is 248 g/mol. The molecule has 0 radical (unpaired) electrons. The number of aromatic amines is 1. The van der Waals surface area contributed by atoms with Crippen molar-refractivity contribution in [2.24, 2.45) is 7.05 Å². The smallest absolute Gasteiger partial charge is 0.296 e. The van der Waals surface area contributed by atoms with E-state index in [0.717, 1.165) is 4.47 Å². The van der Waals surface area contributed by atoms with E-state index in [9.17, 15) is 9.59 Å². The first-order valence-electron chi connectivity index (χ1n) is 3.98. The monoisotopic (exact) mass is 254 g/mol. The number of benzene rings is 1. The molecule has 0 amide bonds. The first-order valence-corrected chi connectivity index (χ1v) is 4.77. The third kappa shape index (κ3) is 1.29. The Labute approximate surface area is 87.3 Å². The molecule has 2 aromatic rings. The van der Waals surface area contributed by atoms with Gasteiger partial charge in [-0.15, -0.1) is 0 Å². The van der Waals surface area contributed by atoms with Crippen LogP contribution in [0.5, 0.6) is 0 Å². The van der Waals surface area contributed by atoms with E-state index in [4.69, 9.17) is 0 Å². The van der Waals surface area contributed by atoms with Gasteiger partial charge in [0.05, 0.1) is 10.9 Å². The molecule has 1 aromatic heterocycles. The molecule has 0 aliphatic heterocycles. The number of rotatable bonds is 0. The highest BCUT2D eigenvalue weighted by molar-refractivity contribution is 9.10. The lowest BCUT2D eigenvalue weighted by Gasteiger charge is -2.02. The van der Waals surface area contributed by atoms with Crippen molar-refractivity contribution in [2.75, 3.05) is 0 Å². The van der Waals surface area contributed by atoms with Crippen molar-refractivity contribution in [3.05, 3.63) is 43.5 Å². The number of fused-ring (bicyclic) bond motifs is 1. The van der Waals surface area contributed by atoms with Crippen LogP contribution in [-0.2, 0) is 7.05 Å². The number of aromatic nitrogens is 2. The molecule has 1 heterocycles. The summed E-state index contributed by atoms with van der Waals surface area (Å²) in [5, 5.41) is 0.510. The molecule has 4 nitrogen and oxygen atoms in total. The molecule has 0 aliphatic rings. The number of H-pyrrole nitrogens is 1. The Hall–Kier alpha value is -1.36. The fraction of sp³-hybridized carbons (Fsp3) is 0.111. The van der Waals surface area contributed by atoms with Crippen LogP contribution < -0.4 is 11.2 Å². The van der Waals surface area contributed by atoms with E-state index in [2.05, 4.69) is 20.9 Å². The summed E-state index contributed by atoms with van der Waals surface area (Å²) in [6.07, 6.45) is 0. The van der Waals surface area contributed by atoms with E-state index in [1.807, 2.05) is 0 Å². The molecule has 1 N–H and O–H groups in total. The average Bonchev–Trinajstić information content (AvgIpc) is 2.14. The average molecular weight is 255 g/mol. The lowest BCUT2D eigenvalue weighted by molar-refractivity contribution is 0.842. The molecule has 2 rings (SSSR count). The van der Waals surface area contributed by atoms with Crippen molar-refractivity contribution in [1.82, 2.24) is 9.55 Å². The van der Waals surface area contributed by atoms with Crippen LogP contribution in [0.1, 0.15) is 0 Å². The Morgan fingerprint density at radius 2 is 2.07 bits per heavy atom. The SMILES string of the molecule is Cn1c(=O)[nH]c(=O)c2ccc(Br)cc21. The van der Waals surface area contributed by atoms with Gasteiger partial charge in [0.2, 0.25) is 0 Å². The van der Waals surface area contributed by atoms with Gasteiger partial charge in [0.15, 0.2) is 0 Å². The lowest BCUT2D eigenvalue weighted by atomic mass is 10.2. The highest BCUT2D eigenvalue weighted by atomic mass is 79.9. The van der Waals surface area contributed by atoms with Crippen molar-refractivity contribution >= 4 is 26.8 Å². The zero-order valence-corrected chi connectivity index (χ0v) is 8.96. The second kappa shape index (κ2) is 3.09. The van der Waals surface area contributed by atoms with Gasteiger partial charge in [-0.2, -0.15) is 0 Å². The summed E-state index contributed by atoms with van der Waals surface area (Å²) in [6, 6.07) is 5.19. The summed E-state index contributed by atoms with van der Waals surface area (Å²) < 4.78 is 2.24. The van der Waals surface area contributed by atoms with Gasteiger partial charge in [-0.3, -0.25) is 14.3 Å². The Kier molecular flexibility index (Phi) is 2.03. The van der Waals surface area contributed by atoms with Gasteiger partial charge in [0.1, 0.15) is 0 Å². The number of nitrogens with zero attached hydrogens (tertiary/aromatic N) is 1. The van der Waals surface area contributed by atoms with Crippen LogP contribution >= 0.6 is 15.9 Å². The quantitative estimate of drug-likeness (QED) is 0.763. The van der Waals surface area contributed by atoms with E-state index >= 15 is 0 Å². The summed E-state index contributed by atoms with van der Waals surface area (Å²) in [5.41, 5.74) is -0.135. The molecule has 72 valence electrons. The summed E-state index contributed by atoms with van der Waals surface area (Å²) in [7, 11) is 1.62. The Morgan fingerprint density at radius 1 is 1.36 bits per heavy atom. The number of hydrogen-bond donors (Lipinski definition) is 1. The number of aryl methyl sites for hydroxylation is 1. The minimum atomic E-state index is -0.402. The molecule has 0 fully saturated rings. The normalized spacial score (nSPS) is 10.7. The molecule has 0 aliphatic carbocycles. The molecule has 0 atom stereocenters. The summed E-state index contributed by atoms with van der Waals surface area (Å²) in [6.45, 7) is 0. The van der Waals surface area contributed by atoms with E-state index < -0.39 is 5.69 Å². The molecule has 0 saturated heterocycles. The van der Waals surface area contributed by atoms with Crippen LogP contribution in [0.15, 0.2) is 32.3 Å². The molecule has 1 aromatic carbocycles. The Balaban J connectivity index is 3.11. The summed E-state index contributed by atoms with van der Waals surface area (Å²) >= 11 is 3.29. The van der Waals surface area contributed by atoms with Gasteiger partial charge in [0, 0.05) is 11.5 Å². The largest absolute Gasteiger partial charge is 0.328 e. The summed E-state index contributed by atoms with van der Waals surface area (Å²) in [5.74, 6) is 0. The second-order valence-electron chi connectivity index (χ2n) is 2.98. The predicted molar refractivity (Wildman–Crippen MR) is 57.5 cm³/mol. The Morgan fingerprint density at radius 3 is 2.79 bits per heavy atom. The molecule has 0 unspecified atom stereocenters. The van der Waals surface area contributed by atoms with Crippen LogP contribution in [0.4, 0.5) is 0 Å². The van der Waals surface area contributed by atoms with Gasteiger partial charge >= 0.3 is 5.69 Å². The molecule has 14 heavy (non-hydrogen) atoms. The highest BCUT2D eigenvalue weighted by Gasteiger charge is 2.03. The number of halogens is 1. The lowest BCUT2D eigenvalue weighted by Crippen LogP contribution is -2.28. The molecular formula is C9H7BrN2O2. The summed E-state index contributed by atoms with van der Waals surface area (Å²) in [4.78, 5) is 24.9. The van der Waals surface area contributed by atoms with E-state index in [1.54, 1.807) is 25.2 Å². The minimum Gasteiger partial charge on any atom is -0.296 e. The highest BCUT2D eigenvalue weighted by Crippen LogP contribution is 2.14. The topological polar surface area (TPSA) is 54.9 Å². The van der Waals surface area contributed by atoms with E-state index in [1.165, 1.54) is 4.57 Å². The van der Waals surface area contributed by atoms with Crippen molar-refractivity contribution in [1.29, 1.82) is 0 Å². The minimum absolute atomic E-state index is 0.351. The van der Waals surface area contributed by atoms with Gasteiger partial charge in [0.25, 0.3) is 5.56 Å². The van der Waals surface area contributed by atoms with Gasteiger partial charge in [-0.25, -0.2) is 4.79 Å². The maximum atomic E-state index is 11.4. The molecule has 0 spiro atoms. The number of nitrogens with one attached hydrogen (secondary N) is 1. The first kappa shape index (κ1) is 9.21. The van der Waals surface area contributed by atoms with Crippen LogP contribution in [0, 0.1) is 0 Å². The Bertz CT molecular complexity index is 612. The molecule has 0 bridgehead atoms. The van der Waals surface area contributed by atoms with E-state index in [0.29, 0.717) is 10.9 Å². The maximum absolute atomic E-state index is 11.4. The van der Waals surface area contributed by atoms with Crippen LogP contribution in [0.25, 0.3) is 10.9 Å². The third-order valence-electron chi connectivity index (χ3n) is 2.09. The fourth-order valence-electron chi connectivity index (χ4n) is 1.33.